The summed E-state index contributed by atoms with van der Waals surface area (Å²) in [6, 6.07) is 10.0. The lowest BCUT2D eigenvalue weighted by Gasteiger charge is -2.07. The molecule has 17 heavy (non-hydrogen) atoms. The van der Waals surface area contributed by atoms with E-state index in [1.54, 1.807) is 36.4 Å². The summed E-state index contributed by atoms with van der Waals surface area (Å²) in [6.07, 6.45) is 1.52. The maximum atomic E-state index is 11.2. The fraction of sp³-hybridized carbons (Fsp3) is 0. The predicted octanol–water partition coefficient (Wildman–Crippen LogP) is 1.55. The van der Waals surface area contributed by atoms with Gasteiger partial charge in [0.15, 0.2) is 0 Å². The van der Waals surface area contributed by atoms with E-state index in [1.807, 2.05) is 0 Å². The molecular formula is C12H11N3O2. The number of nitrogen functional groups attached to an aromatic ring is 1. The highest BCUT2D eigenvalue weighted by Crippen LogP contribution is 2.23. The van der Waals surface area contributed by atoms with E-state index < -0.39 is 5.91 Å². The highest BCUT2D eigenvalue weighted by Gasteiger charge is 2.10. The molecule has 4 N–H and O–H groups in total. The number of ether oxygens (including phenoxy) is 1. The van der Waals surface area contributed by atoms with Crippen molar-refractivity contribution in [3.05, 3.63) is 48.2 Å². The maximum Gasteiger partial charge on any atom is 0.254 e. The number of hydrogen-bond acceptors (Lipinski definition) is 4. The van der Waals surface area contributed by atoms with Crippen LogP contribution >= 0.6 is 0 Å². The zero-order valence-electron chi connectivity index (χ0n) is 8.96. The minimum Gasteiger partial charge on any atom is -0.438 e. The Balaban J connectivity index is 2.33. The monoisotopic (exact) mass is 229 g/mol. The van der Waals surface area contributed by atoms with Gasteiger partial charge in [0.25, 0.3) is 5.91 Å². The van der Waals surface area contributed by atoms with Gasteiger partial charge in [-0.05, 0) is 24.3 Å². The third-order valence-electron chi connectivity index (χ3n) is 2.11. The first-order chi connectivity index (χ1) is 8.16. The van der Waals surface area contributed by atoms with Crippen molar-refractivity contribution < 1.29 is 9.53 Å². The number of pyridine rings is 1. The minimum absolute atomic E-state index is 0.172. The summed E-state index contributed by atoms with van der Waals surface area (Å²) in [5, 5.41) is 0. The minimum atomic E-state index is -0.586. The molecule has 1 heterocycles. The van der Waals surface area contributed by atoms with Gasteiger partial charge < -0.3 is 16.2 Å². The van der Waals surface area contributed by atoms with Gasteiger partial charge in [-0.25, -0.2) is 4.98 Å². The van der Waals surface area contributed by atoms with Gasteiger partial charge in [-0.2, -0.15) is 0 Å². The first-order valence-electron chi connectivity index (χ1n) is 4.95. The van der Waals surface area contributed by atoms with Crippen molar-refractivity contribution in [3.63, 3.8) is 0 Å². The number of rotatable bonds is 3. The Hall–Kier alpha value is -2.56. The standard InChI is InChI=1S/C12H11N3O2/c13-8-3-1-4-9(7-8)17-12-10(11(14)16)5-2-6-15-12/h1-7H,13H2,(H2,14,16). The van der Waals surface area contributed by atoms with Crippen LogP contribution in [0.15, 0.2) is 42.6 Å². The van der Waals surface area contributed by atoms with Crippen LogP contribution in [0.25, 0.3) is 0 Å². The molecule has 0 atom stereocenters. The van der Waals surface area contributed by atoms with Crippen LogP contribution in [0.1, 0.15) is 10.4 Å². The number of carbonyl (C=O) groups excluding carboxylic acids is 1. The average Bonchev–Trinajstić information content (AvgIpc) is 2.29. The molecule has 5 heteroatoms. The smallest absolute Gasteiger partial charge is 0.254 e. The van der Waals surface area contributed by atoms with Gasteiger partial charge in [-0.3, -0.25) is 4.79 Å². The summed E-state index contributed by atoms with van der Waals surface area (Å²) in [4.78, 5) is 15.1. The first kappa shape index (κ1) is 10.9. The van der Waals surface area contributed by atoms with E-state index in [0.717, 1.165) is 0 Å². The Morgan fingerprint density at radius 1 is 1.24 bits per heavy atom. The van der Waals surface area contributed by atoms with Crippen molar-refractivity contribution in [2.24, 2.45) is 5.73 Å². The van der Waals surface area contributed by atoms with Crippen LogP contribution in [0.2, 0.25) is 0 Å². The second-order valence-corrected chi connectivity index (χ2v) is 3.39. The van der Waals surface area contributed by atoms with Crippen molar-refractivity contribution in [2.75, 3.05) is 5.73 Å². The van der Waals surface area contributed by atoms with E-state index >= 15 is 0 Å². The number of nitrogens with zero attached hydrogens (tertiary/aromatic N) is 1. The lowest BCUT2D eigenvalue weighted by atomic mass is 10.2. The molecule has 86 valence electrons. The van der Waals surface area contributed by atoms with Gasteiger partial charge in [0.1, 0.15) is 11.3 Å². The number of aromatic nitrogens is 1. The van der Waals surface area contributed by atoms with Crippen molar-refractivity contribution >= 4 is 11.6 Å². The number of anilines is 1. The Labute approximate surface area is 98.0 Å². The molecule has 0 saturated carbocycles. The quantitative estimate of drug-likeness (QED) is 0.781. The van der Waals surface area contributed by atoms with E-state index in [-0.39, 0.29) is 11.4 Å². The molecule has 1 aromatic carbocycles. The third-order valence-corrected chi connectivity index (χ3v) is 2.11. The molecule has 0 aliphatic heterocycles. The topological polar surface area (TPSA) is 91.2 Å². The van der Waals surface area contributed by atoms with E-state index in [2.05, 4.69) is 4.98 Å². The Bertz CT molecular complexity index is 555. The lowest BCUT2D eigenvalue weighted by molar-refractivity contribution is 0.0997. The molecule has 0 bridgehead atoms. The maximum absolute atomic E-state index is 11.2. The zero-order chi connectivity index (χ0) is 12.3. The number of primary amides is 1. The third kappa shape index (κ3) is 2.52. The molecule has 0 aliphatic rings. The molecular weight excluding hydrogens is 218 g/mol. The molecule has 2 aromatic rings. The summed E-state index contributed by atoms with van der Waals surface area (Å²) in [5.41, 5.74) is 11.6. The molecule has 0 fully saturated rings. The second-order valence-electron chi connectivity index (χ2n) is 3.39. The molecule has 1 aromatic heterocycles. The van der Waals surface area contributed by atoms with Crippen LogP contribution in [-0.4, -0.2) is 10.9 Å². The van der Waals surface area contributed by atoms with Crippen molar-refractivity contribution in [1.29, 1.82) is 0 Å². The van der Waals surface area contributed by atoms with Crippen LogP contribution in [0.5, 0.6) is 11.6 Å². The van der Waals surface area contributed by atoms with Crippen LogP contribution in [0, 0.1) is 0 Å². The van der Waals surface area contributed by atoms with E-state index in [4.69, 9.17) is 16.2 Å². The molecule has 2 rings (SSSR count). The number of hydrogen-bond donors (Lipinski definition) is 2. The summed E-state index contributed by atoms with van der Waals surface area (Å²) < 4.78 is 5.46. The number of carbonyl (C=O) groups is 1. The molecule has 0 radical (unpaired) electrons. The van der Waals surface area contributed by atoms with Crippen LogP contribution in [0.4, 0.5) is 5.69 Å². The fourth-order valence-electron chi connectivity index (χ4n) is 1.35. The van der Waals surface area contributed by atoms with Gasteiger partial charge in [-0.1, -0.05) is 6.07 Å². The van der Waals surface area contributed by atoms with Crippen LogP contribution < -0.4 is 16.2 Å². The second kappa shape index (κ2) is 4.52. The van der Waals surface area contributed by atoms with Crippen molar-refractivity contribution in [1.82, 2.24) is 4.98 Å². The van der Waals surface area contributed by atoms with Gasteiger partial charge in [0.2, 0.25) is 5.88 Å². The Morgan fingerprint density at radius 2 is 2.06 bits per heavy atom. The van der Waals surface area contributed by atoms with Gasteiger partial charge in [0, 0.05) is 18.0 Å². The SMILES string of the molecule is NC(=O)c1cccnc1Oc1cccc(N)c1. The summed E-state index contributed by atoms with van der Waals surface area (Å²) in [5.74, 6) is 0.0915. The average molecular weight is 229 g/mol. The van der Waals surface area contributed by atoms with E-state index in [9.17, 15) is 4.79 Å². The number of benzene rings is 1. The van der Waals surface area contributed by atoms with E-state index in [1.165, 1.54) is 6.20 Å². The zero-order valence-corrected chi connectivity index (χ0v) is 8.96. The molecule has 5 nitrogen and oxygen atoms in total. The van der Waals surface area contributed by atoms with Crippen molar-refractivity contribution in [2.45, 2.75) is 0 Å². The molecule has 1 amide bonds. The number of amides is 1. The fourth-order valence-corrected chi connectivity index (χ4v) is 1.35. The highest BCUT2D eigenvalue weighted by molar-refractivity contribution is 5.95. The van der Waals surface area contributed by atoms with Crippen LogP contribution in [-0.2, 0) is 0 Å². The van der Waals surface area contributed by atoms with Gasteiger partial charge in [0.05, 0.1) is 0 Å². The largest absolute Gasteiger partial charge is 0.438 e. The van der Waals surface area contributed by atoms with E-state index in [0.29, 0.717) is 11.4 Å². The summed E-state index contributed by atoms with van der Waals surface area (Å²) in [7, 11) is 0. The first-order valence-corrected chi connectivity index (χ1v) is 4.95. The Kier molecular flexibility index (Phi) is 2.91. The predicted molar refractivity (Wildman–Crippen MR) is 63.7 cm³/mol. The van der Waals surface area contributed by atoms with Gasteiger partial charge in [-0.15, -0.1) is 0 Å². The molecule has 0 spiro atoms. The number of nitrogens with two attached hydrogens (primary N) is 2. The van der Waals surface area contributed by atoms with Gasteiger partial charge >= 0.3 is 0 Å². The lowest BCUT2D eigenvalue weighted by Crippen LogP contribution is -2.12. The highest BCUT2D eigenvalue weighted by atomic mass is 16.5. The molecule has 0 aliphatic carbocycles. The molecule has 0 unspecified atom stereocenters. The summed E-state index contributed by atoms with van der Waals surface area (Å²) >= 11 is 0. The normalized spacial score (nSPS) is 9.88. The van der Waals surface area contributed by atoms with Crippen LogP contribution in [0.3, 0.4) is 0 Å². The molecule has 0 saturated heterocycles. The summed E-state index contributed by atoms with van der Waals surface area (Å²) in [6.45, 7) is 0. The van der Waals surface area contributed by atoms with Crippen molar-refractivity contribution in [3.8, 4) is 11.6 Å². The Morgan fingerprint density at radius 3 is 2.76 bits per heavy atom.